The van der Waals surface area contributed by atoms with Crippen molar-refractivity contribution in [1.82, 2.24) is 9.36 Å². The Morgan fingerprint density at radius 1 is 1.21 bits per heavy atom. The summed E-state index contributed by atoms with van der Waals surface area (Å²) in [6.45, 7) is 5.58. The molecule has 0 aliphatic carbocycles. The molecule has 2 rings (SSSR count). The maximum Gasteiger partial charge on any atom is 0.226 e. The first-order valence-electron chi connectivity index (χ1n) is 6.03. The van der Waals surface area contributed by atoms with E-state index in [9.17, 15) is 4.79 Å². The second-order valence-corrected chi connectivity index (χ2v) is 5.24. The molecule has 2 aromatic rings. The van der Waals surface area contributed by atoms with Crippen molar-refractivity contribution in [2.75, 3.05) is 10.6 Å². The van der Waals surface area contributed by atoms with Gasteiger partial charge in [0.1, 0.15) is 5.82 Å². The van der Waals surface area contributed by atoms with E-state index in [4.69, 9.17) is 0 Å². The van der Waals surface area contributed by atoms with Crippen LogP contribution in [0.5, 0.6) is 0 Å². The molecule has 0 unspecified atom stereocenters. The van der Waals surface area contributed by atoms with Gasteiger partial charge in [0.25, 0.3) is 0 Å². The number of hydrogen-bond acceptors (Lipinski definition) is 5. The molecule has 1 heterocycles. The van der Waals surface area contributed by atoms with Gasteiger partial charge in [-0.1, -0.05) is 13.8 Å². The number of anilines is 3. The van der Waals surface area contributed by atoms with Crippen LogP contribution in [0.3, 0.4) is 0 Å². The number of benzene rings is 1. The summed E-state index contributed by atoms with van der Waals surface area (Å²) in [7, 11) is 0. The van der Waals surface area contributed by atoms with Crippen molar-refractivity contribution >= 4 is 33.9 Å². The number of nitrogens with one attached hydrogen (secondary N) is 2. The van der Waals surface area contributed by atoms with Crippen LogP contribution in [0.2, 0.25) is 0 Å². The Balaban J connectivity index is 2.00. The third kappa shape index (κ3) is 3.75. The summed E-state index contributed by atoms with van der Waals surface area (Å²) in [6, 6.07) is 7.51. The third-order valence-electron chi connectivity index (χ3n) is 2.46. The molecule has 0 fully saturated rings. The zero-order chi connectivity index (χ0) is 13.8. The molecule has 100 valence electrons. The Hall–Kier alpha value is -1.95. The van der Waals surface area contributed by atoms with E-state index in [1.54, 1.807) is 0 Å². The summed E-state index contributed by atoms with van der Waals surface area (Å²) in [5.41, 5.74) is 1.70. The molecule has 1 amide bonds. The Morgan fingerprint density at radius 3 is 2.37 bits per heavy atom. The number of hydrogen-bond donors (Lipinski definition) is 2. The van der Waals surface area contributed by atoms with Gasteiger partial charge in [-0.15, -0.1) is 0 Å². The van der Waals surface area contributed by atoms with Gasteiger partial charge in [-0.3, -0.25) is 4.79 Å². The molecule has 2 N–H and O–H groups in total. The first-order valence-corrected chi connectivity index (χ1v) is 6.80. The van der Waals surface area contributed by atoms with E-state index in [0.717, 1.165) is 22.3 Å². The van der Waals surface area contributed by atoms with Crippen molar-refractivity contribution < 1.29 is 4.79 Å². The van der Waals surface area contributed by atoms with Gasteiger partial charge in [-0.25, -0.2) is 4.98 Å². The van der Waals surface area contributed by atoms with Crippen LogP contribution in [0.1, 0.15) is 19.7 Å². The van der Waals surface area contributed by atoms with Crippen LogP contribution in [-0.2, 0) is 4.79 Å². The molecule has 19 heavy (non-hydrogen) atoms. The lowest BCUT2D eigenvalue weighted by molar-refractivity contribution is -0.118. The minimum atomic E-state index is -0.0258. The Kier molecular flexibility index (Phi) is 4.11. The fourth-order valence-electron chi connectivity index (χ4n) is 1.39. The topological polar surface area (TPSA) is 66.9 Å². The minimum absolute atomic E-state index is 0.0143. The zero-order valence-electron chi connectivity index (χ0n) is 11.1. The van der Waals surface area contributed by atoms with Gasteiger partial charge in [0.2, 0.25) is 11.0 Å². The van der Waals surface area contributed by atoms with Crippen LogP contribution in [-0.4, -0.2) is 15.3 Å². The molecule has 0 radical (unpaired) electrons. The number of carbonyl (C=O) groups is 1. The van der Waals surface area contributed by atoms with Crippen LogP contribution in [0.25, 0.3) is 0 Å². The molecule has 0 atom stereocenters. The predicted molar refractivity (Wildman–Crippen MR) is 77.8 cm³/mol. The normalized spacial score (nSPS) is 10.5. The molecule has 1 aromatic carbocycles. The third-order valence-corrected chi connectivity index (χ3v) is 3.18. The maximum absolute atomic E-state index is 11.5. The number of amides is 1. The molecule has 0 bridgehead atoms. The molecule has 0 aliphatic heterocycles. The second-order valence-electron chi connectivity index (χ2n) is 4.49. The van der Waals surface area contributed by atoms with Crippen LogP contribution in [0.15, 0.2) is 24.3 Å². The Bertz CT molecular complexity index is 562. The van der Waals surface area contributed by atoms with E-state index in [1.807, 2.05) is 45.0 Å². The quantitative estimate of drug-likeness (QED) is 0.900. The number of rotatable bonds is 4. The van der Waals surface area contributed by atoms with Crippen LogP contribution >= 0.6 is 11.5 Å². The predicted octanol–water partition coefficient (Wildman–Crippen LogP) is 3.18. The van der Waals surface area contributed by atoms with Gasteiger partial charge in [-0.05, 0) is 31.2 Å². The average Bonchev–Trinajstić information content (AvgIpc) is 2.77. The first-order chi connectivity index (χ1) is 9.04. The van der Waals surface area contributed by atoms with Crippen molar-refractivity contribution in [3.8, 4) is 0 Å². The standard InChI is InChI=1S/C13H16N4OS/c1-8(2)12(18)15-10-4-6-11(7-5-10)16-13-14-9(3)17-19-13/h4-8H,1-3H3,(H,15,18)(H,14,16,17). The Morgan fingerprint density at radius 2 is 1.84 bits per heavy atom. The summed E-state index contributed by atoms with van der Waals surface area (Å²) in [4.78, 5) is 15.8. The molecule has 0 spiro atoms. The highest BCUT2D eigenvalue weighted by Gasteiger charge is 2.07. The number of aryl methyl sites for hydroxylation is 1. The largest absolute Gasteiger partial charge is 0.330 e. The lowest BCUT2D eigenvalue weighted by Gasteiger charge is -2.08. The SMILES string of the molecule is Cc1nsc(Nc2ccc(NC(=O)C(C)C)cc2)n1. The molecule has 5 nitrogen and oxygen atoms in total. The van der Waals surface area contributed by atoms with Gasteiger partial charge in [0.05, 0.1) is 0 Å². The van der Waals surface area contributed by atoms with E-state index < -0.39 is 0 Å². The minimum Gasteiger partial charge on any atom is -0.330 e. The van der Waals surface area contributed by atoms with Crippen molar-refractivity contribution in [2.45, 2.75) is 20.8 Å². The van der Waals surface area contributed by atoms with E-state index in [0.29, 0.717) is 0 Å². The highest BCUT2D eigenvalue weighted by molar-refractivity contribution is 7.09. The van der Waals surface area contributed by atoms with Gasteiger partial charge in [0, 0.05) is 28.8 Å². The van der Waals surface area contributed by atoms with E-state index >= 15 is 0 Å². The summed E-state index contributed by atoms with van der Waals surface area (Å²) in [5.74, 6) is 0.746. The summed E-state index contributed by atoms with van der Waals surface area (Å²) in [6.07, 6.45) is 0. The lowest BCUT2D eigenvalue weighted by Crippen LogP contribution is -2.17. The monoisotopic (exact) mass is 276 g/mol. The smallest absolute Gasteiger partial charge is 0.226 e. The zero-order valence-corrected chi connectivity index (χ0v) is 11.9. The van der Waals surface area contributed by atoms with Crippen LogP contribution < -0.4 is 10.6 Å². The van der Waals surface area contributed by atoms with Crippen LogP contribution in [0.4, 0.5) is 16.5 Å². The Labute approximate surface area is 116 Å². The van der Waals surface area contributed by atoms with Crippen molar-refractivity contribution in [3.05, 3.63) is 30.1 Å². The summed E-state index contributed by atoms with van der Waals surface area (Å²) < 4.78 is 4.10. The molecule has 1 aromatic heterocycles. The summed E-state index contributed by atoms with van der Waals surface area (Å²) >= 11 is 1.32. The van der Waals surface area contributed by atoms with Gasteiger partial charge >= 0.3 is 0 Å². The summed E-state index contributed by atoms with van der Waals surface area (Å²) in [5, 5.41) is 6.77. The highest BCUT2D eigenvalue weighted by atomic mass is 32.1. The van der Waals surface area contributed by atoms with Crippen molar-refractivity contribution in [2.24, 2.45) is 5.92 Å². The van der Waals surface area contributed by atoms with Gasteiger partial charge < -0.3 is 10.6 Å². The molecule has 0 saturated carbocycles. The fraction of sp³-hybridized carbons (Fsp3) is 0.308. The number of aromatic nitrogens is 2. The average molecular weight is 276 g/mol. The number of carbonyl (C=O) groups excluding carboxylic acids is 1. The molecule has 0 aliphatic rings. The molecular weight excluding hydrogens is 260 g/mol. The van der Waals surface area contributed by atoms with E-state index in [2.05, 4.69) is 20.0 Å². The molecule has 6 heteroatoms. The van der Waals surface area contributed by atoms with Gasteiger partial charge in [-0.2, -0.15) is 4.37 Å². The van der Waals surface area contributed by atoms with Crippen molar-refractivity contribution in [3.63, 3.8) is 0 Å². The molecular formula is C13H16N4OS. The lowest BCUT2D eigenvalue weighted by atomic mass is 10.2. The van der Waals surface area contributed by atoms with Gasteiger partial charge in [0.15, 0.2) is 0 Å². The maximum atomic E-state index is 11.5. The van der Waals surface area contributed by atoms with Crippen molar-refractivity contribution in [1.29, 1.82) is 0 Å². The van der Waals surface area contributed by atoms with E-state index in [1.165, 1.54) is 11.5 Å². The second kappa shape index (κ2) is 5.79. The van der Waals surface area contributed by atoms with E-state index in [-0.39, 0.29) is 11.8 Å². The highest BCUT2D eigenvalue weighted by Crippen LogP contribution is 2.20. The first kappa shape index (κ1) is 13.5. The molecule has 0 saturated heterocycles. The fourth-order valence-corrected chi connectivity index (χ4v) is 1.99. The number of nitrogens with zero attached hydrogens (tertiary/aromatic N) is 2. The van der Waals surface area contributed by atoms with Crippen LogP contribution in [0, 0.1) is 12.8 Å².